The van der Waals surface area contributed by atoms with Gasteiger partial charge in [-0.25, -0.2) is 4.79 Å². The molecular formula is C20H21ClN4O3. The van der Waals surface area contributed by atoms with E-state index in [9.17, 15) is 14.4 Å². The van der Waals surface area contributed by atoms with E-state index in [4.69, 9.17) is 11.6 Å². The van der Waals surface area contributed by atoms with Gasteiger partial charge in [-0.05, 0) is 61.4 Å². The van der Waals surface area contributed by atoms with Crippen molar-refractivity contribution in [1.29, 1.82) is 0 Å². The van der Waals surface area contributed by atoms with Gasteiger partial charge in [0.15, 0.2) is 0 Å². The van der Waals surface area contributed by atoms with Gasteiger partial charge in [0.05, 0.1) is 0 Å². The number of likely N-dealkylation sites (tertiary alicyclic amines) is 1. The van der Waals surface area contributed by atoms with Gasteiger partial charge in [-0.1, -0.05) is 11.6 Å². The summed E-state index contributed by atoms with van der Waals surface area (Å²) in [5.74, 6) is -0.402. The third-order valence-corrected chi connectivity index (χ3v) is 4.64. The second-order valence-corrected chi connectivity index (χ2v) is 6.97. The molecule has 2 aromatic carbocycles. The van der Waals surface area contributed by atoms with E-state index in [1.165, 1.54) is 11.8 Å². The quantitative estimate of drug-likeness (QED) is 0.726. The number of hydrogen-bond donors (Lipinski definition) is 3. The minimum Gasteiger partial charge on any atom is -0.326 e. The van der Waals surface area contributed by atoms with E-state index < -0.39 is 6.04 Å². The zero-order valence-electron chi connectivity index (χ0n) is 15.4. The van der Waals surface area contributed by atoms with Crippen LogP contribution in [0.3, 0.4) is 0 Å². The SMILES string of the molecule is CC(=O)Nc1ccc(NC(=O)C2CCCN2C(=O)Nc2ccc(Cl)cc2)cc1. The summed E-state index contributed by atoms with van der Waals surface area (Å²) >= 11 is 5.85. The highest BCUT2D eigenvalue weighted by atomic mass is 35.5. The predicted octanol–water partition coefficient (Wildman–Crippen LogP) is 3.93. The molecule has 0 aromatic heterocycles. The van der Waals surface area contributed by atoms with E-state index in [-0.39, 0.29) is 17.8 Å². The first-order valence-corrected chi connectivity index (χ1v) is 9.32. The number of carbonyl (C=O) groups is 3. The van der Waals surface area contributed by atoms with Gasteiger partial charge >= 0.3 is 6.03 Å². The van der Waals surface area contributed by atoms with Gasteiger partial charge in [-0.3, -0.25) is 9.59 Å². The topological polar surface area (TPSA) is 90.5 Å². The highest BCUT2D eigenvalue weighted by Crippen LogP contribution is 2.22. The summed E-state index contributed by atoms with van der Waals surface area (Å²) in [6, 6.07) is 12.8. The van der Waals surface area contributed by atoms with Crippen molar-refractivity contribution < 1.29 is 14.4 Å². The smallest absolute Gasteiger partial charge is 0.322 e. The lowest BCUT2D eigenvalue weighted by molar-refractivity contribution is -0.119. The molecule has 0 spiro atoms. The Morgan fingerprint density at radius 1 is 0.893 bits per heavy atom. The largest absolute Gasteiger partial charge is 0.326 e. The molecule has 28 heavy (non-hydrogen) atoms. The van der Waals surface area contributed by atoms with E-state index in [0.717, 1.165) is 6.42 Å². The summed E-state index contributed by atoms with van der Waals surface area (Å²) < 4.78 is 0. The third kappa shape index (κ3) is 5.01. The minimum absolute atomic E-state index is 0.162. The molecular weight excluding hydrogens is 380 g/mol. The van der Waals surface area contributed by atoms with E-state index in [2.05, 4.69) is 16.0 Å². The van der Waals surface area contributed by atoms with Gasteiger partial charge < -0.3 is 20.9 Å². The summed E-state index contributed by atoms with van der Waals surface area (Å²) in [6.45, 7) is 1.94. The Morgan fingerprint density at radius 3 is 2.04 bits per heavy atom. The number of nitrogens with one attached hydrogen (secondary N) is 3. The number of hydrogen-bond acceptors (Lipinski definition) is 3. The lowest BCUT2D eigenvalue weighted by atomic mass is 10.2. The Kier molecular flexibility index (Phi) is 6.16. The Bertz CT molecular complexity index is 868. The summed E-state index contributed by atoms with van der Waals surface area (Å²) in [4.78, 5) is 37.8. The number of urea groups is 1. The molecule has 1 aliphatic heterocycles. The summed E-state index contributed by atoms with van der Waals surface area (Å²) in [6.07, 6.45) is 1.36. The monoisotopic (exact) mass is 400 g/mol. The fourth-order valence-corrected chi connectivity index (χ4v) is 3.20. The zero-order valence-corrected chi connectivity index (χ0v) is 16.1. The van der Waals surface area contributed by atoms with Gasteiger partial charge in [0, 0.05) is 35.6 Å². The molecule has 1 fully saturated rings. The molecule has 1 unspecified atom stereocenters. The van der Waals surface area contributed by atoms with E-state index in [1.807, 2.05) is 0 Å². The van der Waals surface area contributed by atoms with Crippen LogP contribution in [-0.4, -0.2) is 35.3 Å². The molecule has 146 valence electrons. The zero-order chi connectivity index (χ0) is 20.1. The summed E-state index contributed by atoms with van der Waals surface area (Å²) in [5.41, 5.74) is 1.87. The number of anilines is 3. The fourth-order valence-electron chi connectivity index (χ4n) is 3.08. The molecule has 8 heteroatoms. The molecule has 0 aliphatic carbocycles. The third-order valence-electron chi connectivity index (χ3n) is 4.38. The van der Waals surface area contributed by atoms with Gasteiger partial charge in [-0.15, -0.1) is 0 Å². The first kappa shape index (κ1) is 19.7. The number of nitrogens with zero attached hydrogens (tertiary/aromatic N) is 1. The Morgan fingerprint density at radius 2 is 1.43 bits per heavy atom. The van der Waals surface area contributed by atoms with Crippen LogP contribution in [0, 0.1) is 0 Å². The van der Waals surface area contributed by atoms with E-state index in [1.54, 1.807) is 48.5 Å². The molecule has 0 saturated carbocycles. The Labute approximate surface area is 168 Å². The highest BCUT2D eigenvalue weighted by Gasteiger charge is 2.34. The van der Waals surface area contributed by atoms with Crippen molar-refractivity contribution in [2.75, 3.05) is 22.5 Å². The maximum Gasteiger partial charge on any atom is 0.322 e. The predicted molar refractivity (Wildman–Crippen MR) is 110 cm³/mol. The molecule has 2 aromatic rings. The Balaban J connectivity index is 1.61. The molecule has 1 saturated heterocycles. The second kappa shape index (κ2) is 8.75. The van der Waals surface area contributed by atoms with Crippen molar-refractivity contribution >= 4 is 46.5 Å². The number of amides is 4. The lowest BCUT2D eigenvalue weighted by Crippen LogP contribution is -2.45. The number of carbonyl (C=O) groups excluding carboxylic acids is 3. The molecule has 0 radical (unpaired) electrons. The number of benzene rings is 2. The van der Waals surface area contributed by atoms with Crippen LogP contribution in [0.15, 0.2) is 48.5 Å². The van der Waals surface area contributed by atoms with E-state index in [0.29, 0.717) is 35.1 Å². The normalized spacial score (nSPS) is 15.8. The molecule has 1 aliphatic rings. The van der Waals surface area contributed by atoms with Gasteiger partial charge in [0.25, 0.3) is 0 Å². The Hall–Kier alpha value is -3.06. The van der Waals surface area contributed by atoms with Crippen LogP contribution < -0.4 is 16.0 Å². The molecule has 7 nitrogen and oxygen atoms in total. The maximum atomic E-state index is 12.7. The minimum atomic E-state index is -0.540. The molecule has 3 N–H and O–H groups in total. The van der Waals surface area contributed by atoms with Crippen molar-refractivity contribution in [3.63, 3.8) is 0 Å². The van der Waals surface area contributed by atoms with Crippen LogP contribution in [0.5, 0.6) is 0 Å². The molecule has 3 rings (SSSR count). The summed E-state index contributed by atoms with van der Waals surface area (Å²) in [7, 11) is 0. The van der Waals surface area contributed by atoms with Crippen molar-refractivity contribution in [1.82, 2.24) is 4.90 Å². The van der Waals surface area contributed by atoms with Crippen molar-refractivity contribution in [3.8, 4) is 0 Å². The maximum absolute atomic E-state index is 12.7. The fraction of sp³-hybridized carbons (Fsp3) is 0.250. The number of halogens is 1. The highest BCUT2D eigenvalue weighted by molar-refractivity contribution is 6.30. The first-order valence-electron chi connectivity index (χ1n) is 8.94. The van der Waals surface area contributed by atoms with Crippen LogP contribution in [0.25, 0.3) is 0 Å². The molecule has 4 amide bonds. The van der Waals surface area contributed by atoms with Crippen molar-refractivity contribution in [2.24, 2.45) is 0 Å². The van der Waals surface area contributed by atoms with Crippen LogP contribution in [0.2, 0.25) is 5.02 Å². The van der Waals surface area contributed by atoms with Crippen LogP contribution in [-0.2, 0) is 9.59 Å². The van der Waals surface area contributed by atoms with E-state index >= 15 is 0 Å². The van der Waals surface area contributed by atoms with Crippen LogP contribution in [0.1, 0.15) is 19.8 Å². The lowest BCUT2D eigenvalue weighted by Gasteiger charge is -2.24. The molecule has 1 heterocycles. The standard InChI is InChI=1S/C20H21ClN4O3/c1-13(26)22-15-8-10-16(11-9-15)23-19(27)18-3-2-12-25(18)20(28)24-17-6-4-14(21)5-7-17/h4-11,18H,2-3,12H2,1H3,(H,22,26)(H,23,27)(H,24,28). The van der Waals surface area contributed by atoms with Gasteiger partial charge in [-0.2, -0.15) is 0 Å². The van der Waals surface area contributed by atoms with Crippen LogP contribution in [0.4, 0.5) is 21.9 Å². The average molecular weight is 401 g/mol. The number of rotatable bonds is 4. The van der Waals surface area contributed by atoms with Crippen molar-refractivity contribution in [3.05, 3.63) is 53.6 Å². The summed E-state index contributed by atoms with van der Waals surface area (Å²) in [5, 5.41) is 8.88. The van der Waals surface area contributed by atoms with Crippen molar-refractivity contribution in [2.45, 2.75) is 25.8 Å². The van der Waals surface area contributed by atoms with Gasteiger partial charge in [0.1, 0.15) is 6.04 Å². The second-order valence-electron chi connectivity index (χ2n) is 6.54. The molecule has 0 bridgehead atoms. The average Bonchev–Trinajstić information content (AvgIpc) is 3.15. The first-order chi connectivity index (χ1) is 13.4. The van der Waals surface area contributed by atoms with Gasteiger partial charge in [0.2, 0.25) is 11.8 Å². The molecule has 1 atom stereocenters. The van der Waals surface area contributed by atoms with Crippen LogP contribution >= 0.6 is 11.6 Å².